The molecule has 104 valence electrons. The Bertz CT molecular complexity index is 605. The molecule has 1 aliphatic heterocycles. The van der Waals surface area contributed by atoms with Crippen LogP contribution in [0.5, 0.6) is 0 Å². The number of hydrogen-bond acceptors (Lipinski definition) is 4. The minimum Gasteiger partial charge on any atom is -0.476 e. The maximum atomic E-state index is 12.6. The van der Waals surface area contributed by atoms with Crippen LogP contribution in [0.25, 0.3) is 0 Å². The van der Waals surface area contributed by atoms with Crippen molar-refractivity contribution in [2.45, 2.75) is 32.1 Å². The molecule has 0 atom stereocenters. The highest BCUT2D eigenvalue weighted by Gasteiger charge is 2.53. The van der Waals surface area contributed by atoms with E-state index in [1.807, 2.05) is 0 Å². The van der Waals surface area contributed by atoms with E-state index in [4.69, 9.17) is 5.11 Å². The third kappa shape index (κ3) is 1.71. The molecule has 1 aromatic heterocycles. The second kappa shape index (κ2) is 4.40. The Hall–Kier alpha value is -2.24. The van der Waals surface area contributed by atoms with E-state index in [1.54, 1.807) is 0 Å². The van der Waals surface area contributed by atoms with Crippen LogP contribution in [0.2, 0.25) is 0 Å². The number of pyridine rings is 1. The number of hydrogen-bond donors (Lipinski definition) is 1. The van der Waals surface area contributed by atoms with Crippen molar-refractivity contribution in [2.75, 3.05) is 4.90 Å². The molecular formula is C14H14N2O4. The highest BCUT2D eigenvalue weighted by molar-refractivity contribution is 6.24. The summed E-state index contributed by atoms with van der Waals surface area (Å²) < 4.78 is 0. The van der Waals surface area contributed by atoms with Crippen LogP contribution in [-0.4, -0.2) is 27.9 Å². The Kier molecular flexibility index (Phi) is 2.81. The molecule has 1 saturated heterocycles. The van der Waals surface area contributed by atoms with E-state index in [9.17, 15) is 14.4 Å². The van der Waals surface area contributed by atoms with Crippen molar-refractivity contribution in [1.82, 2.24) is 4.98 Å². The zero-order chi connectivity index (χ0) is 14.3. The lowest BCUT2D eigenvalue weighted by Crippen LogP contribution is -2.35. The second-order valence-electron chi connectivity index (χ2n) is 5.37. The summed E-state index contributed by atoms with van der Waals surface area (Å²) in [6.07, 6.45) is 4.80. The summed E-state index contributed by atoms with van der Waals surface area (Å²) in [7, 11) is 0. The summed E-state index contributed by atoms with van der Waals surface area (Å²) in [5.74, 6) is -1.84. The Balaban J connectivity index is 2.05. The van der Waals surface area contributed by atoms with Crippen LogP contribution < -0.4 is 4.90 Å². The number of anilines is 1. The van der Waals surface area contributed by atoms with Gasteiger partial charge < -0.3 is 5.11 Å². The molecule has 2 heterocycles. The first kappa shape index (κ1) is 12.8. The topological polar surface area (TPSA) is 87.6 Å². The number of carbonyl (C=O) groups is 3. The number of rotatable bonds is 2. The third-order valence-electron chi connectivity index (χ3n) is 4.19. The molecule has 0 bridgehead atoms. The minimum absolute atomic E-state index is 0.0822. The number of imide groups is 1. The lowest BCUT2D eigenvalue weighted by Gasteiger charge is -2.21. The Morgan fingerprint density at radius 3 is 2.65 bits per heavy atom. The van der Waals surface area contributed by atoms with Crippen LogP contribution in [0.15, 0.2) is 18.3 Å². The van der Waals surface area contributed by atoms with Gasteiger partial charge in [0, 0.05) is 12.6 Å². The molecule has 0 unspecified atom stereocenters. The summed E-state index contributed by atoms with van der Waals surface area (Å²) >= 11 is 0. The quantitative estimate of drug-likeness (QED) is 0.828. The van der Waals surface area contributed by atoms with Gasteiger partial charge in [-0.25, -0.2) is 14.7 Å². The van der Waals surface area contributed by atoms with E-state index in [-0.39, 0.29) is 29.6 Å². The van der Waals surface area contributed by atoms with E-state index in [2.05, 4.69) is 4.98 Å². The molecule has 2 amide bonds. The maximum absolute atomic E-state index is 12.6. The number of carbonyl (C=O) groups excluding carboxylic acids is 2. The molecule has 1 aliphatic carbocycles. The van der Waals surface area contributed by atoms with Crippen molar-refractivity contribution < 1.29 is 19.5 Å². The molecular weight excluding hydrogens is 260 g/mol. The number of nitrogens with zero attached hydrogens (tertiary/aromatic N) is 2. The molecule has 1 N–H and O–H groups in total. The van der Waals surface area contributed by atoms with Gasteiger partial charge in [-0.05, 0) is 25.0 Å². The molecule has 20 heavy (non-hydrogen) atoms. The summed E-state index contributed by atoms with van der Waals surface area (Å²) in [6, 6.07) is 2.99. The lowest BCUT2D eigenvalue weighted by molar-refractivity contribution is -0.125. The third-order valence-corrected chi connectivity index (χ3v) is 4.19. The number of aromatic carboxylic acids is 1. The summed E-state index contributed by atoms with van der Waals surface area (Å²) in [5.41, 5.74) is -0.786. The molecule has 1 spiro atoms. The fraction of sp³-hybridized carbons (Fsp3) is 0.429. The van der Waals surface area contributed by atoms with Gasteiger partial charge in [0.1, 0.15) is 0 Å². The van der Waals surface area contributed by atoms with Gasteiger partial charge in [-0.15, -0.1) is 0 Å². The molecule has 2 fully saturated rings. The SMILES string of the molecule is O=C(O)c1ncccc1N1C(=O)CC2(CCCC2)C1=O. The van der Waals surface area contributed by atoms with Gasteiger partial charge in [0.15, 0.2) is 5.69 Å². The summed E-state index contributed by atoms with van der Waals surface area (Å²) in [6.45, 7) is 0. The van der Waals surface area contributed by atoms with Crippen LogP contribution in [0.4, 0.5) is 5.69 Å². The average molecular weight is 274 g/mol. The number of amides is 2. The largest absolute Gasteiger partial charge is 0.476 e. The number of carboxylic acids is 1. The predicted molar refractivity (Wildman–Crippen MR) is 69.2 cm³/mol. The molecule has 2 aliphatic rings. The summed E-state index contributed by atoms with van der Waals surface area (Å²) in [5, 5.41) is 9.14. The monoisotopic (exact) mass is 274 g/mol. The van der Waals surface area contributed by atoms with Gasteiger partial charge >= 0.3 is 5.97 Å². The first-order valence-corrected chi connectivity index (χ1v) is 6.61. The molecule has 1 aromatic rings. The second-order valence-corrected chi connectivity index (χ2v) is 5.37. The normalized spacial score (nSPS) is 20.9. The molecule has 1 saturated carbocycles. The van der Waals surface area contributed by atoms with Crippen molar-refractivity contribution in [3.8, 4) is 0 Å². The van der Waals surface area contributed by atoms with Crippen LogP contribution in [0, 0.1) is 5.41 Å². The zero-order valence-corrected chi connectivity index (χ0v) is 10.8. The van der Waals surface area contributed by atoms with Crippen LogP contribution >= 0.6 is 0 Å². The molecule has 6 nitrogen and oxygen atoms in total. The Labute approximate surface area is 115 Å². The maximum Gasteiger partial charge on any atom is 0.356 e. The number of aromatic nitrogens is 1. The van der Waals surface area contributed by atoms with E-state index in [0.29, 0.717) is 12.8 Å². The molecule has 3 rings (SSSR count). The first-order valence-electron chi connectivity index (χ1n) is 6.61. The van der Waals surface area contributed by atoms with Crippen LogP contribution in [0.3, 0.4) is 0 Å². The highest BCUT2D eigenvalue weighted by atomic mass is 16.4. The van der Waals surface area contributed by atoms with Crippen molar-refractivity contribution in [1.29, 1.82) is 0 Å². The Morgan fingerprint density at radius 1 is 1.30 bits per heavy atom. The minimum atomic E-state index is -1.24. The fourth-order valence-corrected chi connectivity index (χ4v) is 3.22. The fourth-order valence-electron chi connectivity index (χ4n) is 3.22. The smallest absolute Gasteiger partial charge is 0.356 e. The van der Waals surface area contributed by atoms with Gasteiger partial charge in [0.2, 0.25) is 11.8 Å². The predicted octanol–water partition coefficient (Wildman–Crippen LogP) is 1.60. The number of carboxylic acid groups (broad SMARTS) is 1. The summed E-state index contributed by atoms with van der Waals surface area (Å²) in [4.78, 5) is 40.8. The standard InChI is InChI=1S/C14H14N2O4/c17-10-8-14(5-1-2-6-14)13(20)16(10)9-4-3-7-15-11(9)12(18)19/h3-4,7H,1-2,5-6,8H2,(H,18,19). The van der Waals surface area contributed by atoms with Crippen LogP contribution in [-0.2, 0) is 9.59 Å². The van der Waals surface area contributed by atoms with Gasteiger partial charge in [-0.2, -0.15) is 0 Å². The van der Waals surface area contributed by atoms with E-state index < -0.39 is 11.4 Å². The van der Waals surface area contributed by atoms with Crippen molar-refractivity contribution in [2.24, 2.45) is 5.41 Å². The van der Waals surface area contributed by atoms with Gasteiger partial charge in [-0.1, -0.05) is 12.8 Å². The van der Waals surface area contributed by atoms with E-state index >= 15 is 0 Å². The van der Waals surface area contributed by atoms with Crippen molar-refractivity contribution in [3.05, 3.63) is 24.0 Å². The lowest BCUT2D eigenvalue weighted by atomic mass is 9.84. The molecule has 0 aromatic carbocycles. The van der Waals surface area contributed by atoms with Crippen molar-refractivity contribution >= 4 is 23.5 Å². The Morgan fingerprint density at radius 2 is 2.00 bits per heavy atom. The van der Waals surface area contributed by atoms with Crippen LogP contribution in [0.1, 0.15) is 42.6 Å². The first-order chi connectivity index (χ1) is 9.55. The zero-order valence-electron chi connectivity index (χ0n) is 10.8. The van der Waals surface area contributed by atoms with E-state index in [0.717, 1.165) is 17.7 Å². The van der Waals surface area contributed by atoms with Crippen molar-refractivity contribution in [3.63, 3.8) is 0 Å². The van der Waals surface area contributed by atoms with Gasteiger partial charge in [-0.3, -0.25) is 9.59 Å². The molecule has 6 heteroatoms. The van der Waals surface area contributed by atoms with Gasteiger partial charge in [0.05, 0.1) is 11.1 Å². The average Bonchev–Trinajstić information content (AvgIpc) is 2.97. The highest BCUT2D eigenvalue weighted by Crippen LogP contribution is 2.48. The van der Waals surface area contributed by atoms with Gasteiger partial charge in [0.25, 0.3) is 0 Å². The molecule has 0 radical (unpaired) electrons. The van der Waals surface area contributed by atoms with E-state index in [1.165, 1.54) is 18.3 Å².